The minimum absolute atomic E-state index is 0.140. The SMILES string of the molecule is C=CCC(CC(=O)O)C(=O)Nc1ccc(CP(=O)(OCC)OCC)cc1. The number of aliphatic carboxylic acids is 1. The van der Waals surface area contributed by atoms with Gasteiger partial charge in [-0.25, -0.2) is 0 Å². The van der Waals surface area contributed by atoms with E-state index in [9.17, 15) is 14.2 Å². The van der Waals surface area contributed by atoms with Gasteiger partial charge in [-0.05, 0) is 38.0 Å². The van der Waals surface area contributed by atoms with Crippen LogP contribution in [0, 0.1) is 5.92 Å². The topological polar surface area (TPSA) is 102 Å². The lowest BCUT2D eigenvalue weighted by molar-refractivity contribution is -0.140. The standard InChI is InChI=1S/C18H26NO6P/c1-4-7-15(12-17(20)21)18(22)19-16-10-8-14(9-11-16)13-26(23,24-5-2)25-6-3/h4,8-11,15H,1,5-7,12-13H2,2-3H3,(H,19,22)(H,20,21). The zero-order chi connectivity index (χ0) is 19.6. The molecule has 0 saturated carbocycles. The molecule has 1 rings (SSSR count). The van der Waals surface area contributed by atoms with Crippen LogP contribution in [-0.2, 0) is 29.4 Å². The smallest absolute Gasteiger partial charge is 0.335 e. The fourth-order valence-corrected chi connectivity index (χ4v) is 4.08. The number of allylic oxidation sites excluding steroid dienone is 1. The van der Waals surface area contributed by atoms with E-state index in [-0.39, 0.29) is 24.9 Å². The molecular weight excluding hydrogens is 357 g/mol. The zero-order valence-electron chi connectivity index (χ0n) is 15.1. The van der Waals surface area contributed by atoms with Crippen molar-refractivity contribution in [2.24, 2.45) is 5.92 Å². The van der Waals surface area contributed by atoms with E-state index in [0.717, 1.165) is 5.56 Å². The third-order valence-electron chi connectivity index (χ3n) is 3.49. The second kappa shape index (κ2) is 10.9. The summed E-state index contributed by atoms with van der Waals surface area (Å²) in [5.41, 5.74) is 1.28. The number of hydrogen-bond donors (Lipinski definition) is 2. The molecule has 1 aromatic carbocycles. The highest BCUT2D eigenvalue weighted by atomic mass is 31.2. The Morgan fingerprint density at radius 2 is 1.81 bits per heavy atom. The number of hydrogen-bond acceptors (Lipinski definition) is 5. The third-order valence-corrected chi connectivity index (χ3v) is 5.55. The van der Waals surface area contributed by atoms with Gasteiger partial charge in [0.05, 0.1) is 31.7 Å². The molecule has 0 aliphatic rings. The average Bonchev–Trinajstić information content (AvgIpc) is 2.56. The Balaban J connectivity index is 2.77. The predicted molar refractivity (Wildman–Crippen MR) is 100 cm³/mol. The molecule has 7 nitrogen and oxygen atoms in total. The number of nitrogens with one attached hydrogen (secondary N) is 1. The Morgan fingerprint density at radius 3 is 2.27 bits per heavy atom. The Morgan fingerprint density at radius 1 is 1.23 bits per heavy atom. The first-order valence-electron chi connectivity index (χ1n) is 8.44. The van der Waals surface area contributed by atoms with Gasteiger partial charge in [-0.1, -0.05) is 18.2 Å². The van der Waals surface area contributed by atoms with Crippen LogP contribution < -0.4 is 5.32 Å². The minimum Gasteiger partial charge on any atom is -0.481 e. The second-order valence-electron chi connectivity index (χ2n) is 5.61. The van der Waals surface area contributed by atoms with Crippen molar-refractivity contribution in [1.29, 1.82) is 0 Å². The normalized spacial score (nSPS) is 12.4. The Labute approximate surface area is 153 Å². The fourth-order valence-electron chi connectivity index (χ4n) is 2.38. The zero-order valence-corrected chi connectivity index (χ0v) is 16.0. The quantitative estimate of drug-likeness (QED) is 0.417. The van der Waals surface area contributed by atoms with Crippen LogP contribution in [0.2, 0.25) is 0 Å². The maximum atomic E-state index is 12.5. The second-order valence-corrected chi connectivity index (χ2v) is 7.66. The monoisotopic (exact) mass is 383 g/mol. The van der Waals surface area contributed by atoms with E-state index in [1.165, 1.54) is 6.08 Å². The molecule has 0 fully saturated rings. The highest BCUT2D eigenvalue weighted by molar-refractivity contribution is 7.53. The number of carboxylic acid groups (broad SMARTS) is 1. The molecule has 1 atom stereocenters. The van der Waals surface area contributed by atoms with Gasteiger partial charge in [0.25, 0.3) is 0 Å². The van der Waals surface area contributed by atoms with Crippen LogP contribution in [0.25, 0.3) is 0 Å². The molecule has 1 amide bonds. The summed E-state index contributed by atoms with van der Waals surface area (Å²) >= 11 is 0. The Bertz CT molecular complexity index is 648. The van der Waals surface area contributed by atoms with Crippen LogP contribution in [0.15, 0.2) is 36.9 Å². The van der Waals surface area contributed by atoms with Crippen LogP contribution in [0.5, 0.6) is 0 Å². The summed E-state index contributed by atoms with van der Waals surface area (Å²) in [6, 6.07) is 6.78. The van der Waals surface area contributed by atoms with Crippen molar-refractivity contribution in [1.82, 2.24) is 0 Å². The molecule has 0 radical (unpaired) electrons. The van der Waals surface area contributed by atoms with E-state index in [4.69, 9.17) is 14.2 Å². The lowest BCUT2D eigenvalue weighted by Gasteiger charge is -2.17. The van der Waals surface area contributed by atoms with E-state index >= 15 is 0 Å². The molecule has 1 unspecified atom stereocenters. The molecule has 8 heteroatoms. The van der Waals surface area contributed by atoms with Gasteiger partial charge >= 0.3 is 13.6 Å². The summed E-state index contributed by atoms with van der Waals surface area (Å²) in [6.45, 7) is 7.63. The van der Waals surface area contributed by atoms with Gasteiger partial charge in [0.2, 0.25) is 5.91 Å². The van der Waals surface area contributed by atoms with Crippen molar-refractivity contribution in [3.8, 4) is 0 Å². The Kier molecular flexibility index (Phi) is 9.27. The van der Waals surface area contributed by atoms with Crippen LogP contribution in [0.3, 0.4) is 0 Å². The molecule has 0 aliphatic heterocycles. The highest BCUT2D eigenvalue weighted by Gasteiger charge is 2.24. The van der Waals surface area contributed by atoms with E-state index < -0.39 is 19.5 Å². The van der Waals surface area contributed by atoms with Gasteiger partial charge < -0.3 is 19.5 Å². The van der Waals surface area contributed by atoms with Gasteiger partial charge in [-0.15, -0.1) is 6.58 Å². The first-order chi connectivity index (χ1) is 12.3. The summed E-state index contributed by atoms with van der Waals surface area (Å²) in [5.74, 6) is -2.10. The molecule has 144 valence electrons. The third kappa shape index (κ3) is 7.52. The maximum absolute atomic E-state index is 12.5. The highest BCUT2D eigenvalue weighted by Crippen LogP contribution is 2.51. The van der Waals surface area contributed by atoms with Gasteiger partial charge in [-0.3, -0.25) is 14.2 Å². The number of amides is 1. The van der Waals surface area contributed by atoms with Gasteiger partial charge in [-0.2, -0.15) is 0 Å². The van der Waals surface area contributed by atoms with Crippen molar-refractivity contribution in [2.45, 2.75) is 32.9 Å². The van der Waals surface area contributed by atoms with Crippen LogP contribution >= 0.6 is 7.60 Å². The molecule has 2 N–H and O–H groups in total. The summed E-state index contributed by atoms with van der Waals surface area (Å²) in [5, 5.41) is 11.6. The summed E-state index contributed by atoms with van der Waals surface area (Å²) in [7, 11) is -3.19. The summed E-state index contributed by atoms with van der Waals surface area (Å²) < 4.78 is 23.1. The molecule has 0 spiro atoms. The first kappa shape index (κ1) is 22.1. The molecule has 0 heterocycles. The molecule has 1 aromatic rings. The molecule has 0 aliphatic carbocycles. The summed E-state index contributed by atoms with van der Waals surface area (Å²) in [6.07, 6.45) is 1.68. The molecule has 0 bridgehead atoms. The Hall–Kier alpha value is -1.95. The summed E-state index contributed by atoms with van der Waals surface area (Å²) in [4.78, 5) is 23.1. The number of rotatable bonds is 12. The number of carbonyl (C=O) groups is 2. The van der Waals surface area contributed by atoms with Gasteiger partial charge in [0, 0.05) is 5.69 Å². The largest absolute Gasteiger partial charge is 0.481 e. The van der Waals surface area contributed by atoms with Crippen molar-refractivity contribution < 1.29 is 28.3 Å². The van der Waals surface area contributed by atoms with Crippen molar-refractivity contribution in [2.75, 3.05) is 18.5 Å². The first-order valence-corrected chi connectivity index (χ1v) is 10.2. The van der Waals surface area contributed by atoms with Gasteiger partial charge in [0.1, 0.15) is 0 Å². The van der Waals surface area contributed by atoms with Crippen LogP contribution in [0.1, 0.15) is 32.3 Å². The molecule has 0 saturated heterocycles. The van der Waals surface area contributed by atoms with E-state index in [0.29, 0.717) is 18.9 Å². The number of benzene rings is 1. The van der Waals surface area contributed by atoms with Crippen LogP contribution in [0.4, 0.5) is 5.69 Å². The predicted octanol–water partition coefficient (Wildman–Crippen LogP) is 4.06. The lowest BCUT2D eigenvalue weighted by Crippen LogP contribution is -2.24. The number of carboxylic acids is 1. The van der Waals surface area contributed by atoms with Crippen LogP contribution in [-0.4, -0.2) is 30.2 Å². The van der Waals surface area contributed by atoms with Gasteiger partial charge in [0.15, 0.2) is 0 Å². The number of carbonyl (C=O) groups excluding carboxylic acids is 1. The molecular formula is C18H26NO6P. The molecule has 0 aromatic heterocycles. The number of anilines is 1. The lowest BCUT2D eigenvalue weighted by atomic mass is 10.0. The van der Waals surface area contributed by atoms with E-state index in [2.05, 4.69) is 11.9 Å². The van der Waals surface area contributed by atoms with E-state index in [1.54, 1.807) is 38.1 Å². The fraction of sp³-hybridized carbons (Fsp3) is 0.444. The maximum Gasteiger partial charge on any atom is 0.335 e. The average molecular weight is 383 g/mol. The van der Waals surface area contributed by atoms with E-state index in [1.807, 2.05) is 0 Å². The van der Waals surface area contributed by atoms with Crippen molar-refractivity contribution in [3.05, 3.63) is 42.5 Å². The van der Waals surface area contributed by atoms with Crippen molar-refractivity contribution in [3.63, 3.8) is 0 Å². The molecule has 26 heavy (non-hydrogen) atoms. The van der Waals surface area contributed by atoms with Crippen molar-refractivity contribution >= 4 is 25.2 Å². The minimum atomic E-state index is -3.19.